The first-order valence-electron chi connectivity index (χ1n) is 9.31. The van der Waals surface area contributed by atoms with Crippen LogP contribution in [0.25, 0.3) is 0 Å². The molecule has 0 amide bonds. The number of rotatable bonds is 7. The SMILES string of the molecule is CCNC(=NCc1cccc(S(=O)(=O)NC)c1)NCC1Cc2ccccc2O1.I. The highest BCUT2D eigenvalue weighted by Crippen LogP contribution is 2.27. The lowest BCUT2D eigenvalue weighted by Crippen LogP contribution is -2.42. The molecule has 0 spiro atoms. The van der Waals surface area contributed by atoms with Gasteiger partial charge in [0.15, 0.2) is 5.96 Å². The standard InChI is InChI=1S/C20H26N4O3S.HI/c1-3-22-20(24-14-17-12-16-8-4-5-10-19(16)27-17)23-13-15-7-6-9-18(11-15)28(25,26)21-2;/h4-11,17,21H,3,12-14H2,1-2H3,(H2,22,23,24);1H. The van der Waals surface area contributed by atoms with Crippen LogP contribution in [0.3, 0.4) is 0 Å². The summed E-state index contributed by atoms with van der Waals surface area (Å²) in [6.07, 6.45) is 0.928. The summed E-state index contributed by atoms with van der Waals surface area (Å²) in [5, 5.41) is 6.51. The normalized spacial score (nSPS) is 15.8. The molecule has 3 N–H and O–H groups in total. The van der Waals surface area contributed by atoms with Crippen molar-refractivity contribution in [3.63, 3.8) is 0 Å². The Hall–Kier alpha value is -1.85. The summed E-state index contributed by atoms with van der Waals surface area (Å²) in [6.45, 7) is 3.73. The second kappa shape index (κ2) is 10.8. The van der Waals surface area contributed by atoms with Gasteiger partial charge in [-0.05, 0) is 43.3 Å². The molecule has 1 unspecified atom stereocenters. The molecule has 2 aromatic rings. The van der Waals surface area contributed by atoms with Gasteiger partial charge in [0.2, 0.25) is 10.0 Å². The summed E-state index contributed by atoms with van der Waals surface area (Å²) in [5.74, 6) is 1.61. The Bertz CT molecular complexity index is 925. The molecule has 1 heterocycles. The Morgan fingerprint density at radius 1 is 1.17 bits per heavy atom. The van der Waals surface area contributed by atoms with Gasteiger partial charge in [-0.15, -0.1) is 24.0 Å². The van der Waals surface area contributed by atoms with Crippen LogP contribution in [-0.4, -0.2) is 40.6 Å². The van der Waals surface area contributed by atoms with E-state index in [4.69, 9.17) is 4.74 Å². The Labute approximate surface area is 189 Å². The van der Waals surface area contributed by atoms with E-state index in [1.54, 1.807) is 18.2 Å². The summed E-state index contributed by atoms with van der Waals surface area (Å²) in [6, 6.07) is 14.8. The van der Waals surface area contributed by atoms with E-state index in [-0.39, 0.29) is 35.0 Å². The molecule has 0 fully saturated rings. The molecule has 7 nitrogen and oxygen atoms in total. The number of nitrogens with one attached hydrogen (secondary N) is 3. The van der Waals surface area contributed by atoms with Crippen LogP contribution >= 0.6 is 24.0 Å². The van der Waals surface area contributed by atoms with Crippen LogP contribution in [-0.2, 0) is 23.0 Å². The van der Waals surface area contributed by atoms with E-state index >= 15 is 0 Å². The highest BCUT2D eigenvalue weighted by Gasteiger charge is 2.22. The van der Waals surface area contributed by atoms with E-state index in [1.165, 1.54) is 12.6 Å². The number of fused-ring (bicyclic) bond motifs is 1. The molecule has 9 heteroatoms. The van der Waals surface area contributed by atoms with Crippen molar-refractivity contribution in [3.8, 4) is 5.75 Å². The lowest BCUT2D eigenvalue weighted by molar-refractivity contribution is 0.235. The Morgan fingerprint density at radius 2 is 1.97 bits per heavy atom. The Kier molecular flexibility index (Phi) is 8.72. The zero-order chi connectivity index (χ0) is 20.0. The van der Waals surface area contributed by atoms with Gasteiger partial charge in [-0.2, -0.15) is 0 Å². The smallest absolute Gasteiger partial charge is 0.240 e. The van der Waals surface area contributed by atoms with Gasteiger partial charge in [0.25, 0.3) is 0 Å². The predicted molar refractivity (Wildman–Crippen MR) is 125 cm³/mol. The third-order valence-corrected chi connectivity index (χ3v) is 5.86. The number of halogens is 1. The highest BCUT2D eigenvalue weighted by atomic mass is 127. The maximum absolute atomic E-state index is 12.0. The van der Waals surface area contributed by atoms with Crippen LogP contribution in [0, 0.1) is 0 Å². The lowest BCUT2D eigenvalue weighted by atomic mass is 10.1. The largest absolute Gasteiger partial charge is 0.488 e. The average Bonchev–Trinajstić information content (AvgIpc) is 3.13. The zero-order valence-electron chi connectivity index (χ0n) is 16.5. The summed E-state index contributed by atoms with van der Waals surface area (Å²) < 4.78 is 32.2. The van der Waals surface area contributed by atoms with Crippen LogP contribution in [0.15, 0.2) is 58.4 Å². The van der Waals surface area contributed by atoms with E-state index in [0.717, 1.165) is 24.3 Å². The minimum Gasteiger partial charge on any atom is -0.488 e. The number of aliphatic imine (C=N–C) groups is 1. The van der Waals surface area contributed by atoms with Crippen LogP contribution in [0.4, 0.5) is 0 Å². The number of sulfonamides is 1. The van der Waals surface area contributed by atoms with Crippen molar-refractivity contribution in [2.24, 2.45) is 4.99 Å². The second-order valence-corrected chi connectivity index (χ2v) is 8.37. The Morgan fingerprint density at radius 3 is 2.69 bits per heavy atom. The fraction of sp³-hybridized carbons (Fsp3) is 0.350. The fourth-order valence-corrected chi connectivity index (χ4v) is 3.82. The molecule has 3 rings (SSSR count). The van der Waals surface area contributed by atoms with Crippen LogP contribution < -0.4 is 20.1 Å². The lowest BCUT2D eigenvalue weighted by Gasteiger charge is -2.15. The maximum Gasteiger partial charge on any atom is 0.240 e. The molecule has 0 aliphatic carbocycles. The second-order valence-electron chi connectivity index (χ2n) is 6.48. The van der Waals surface area contributed by atoms with Crippen molar-refractivity contribution in [2.75, 3.05) is 20.1 Å². The monoisotopic (exact) mass is 530 g/mol. The summed E-state index contributed by atoms with van der Waals surface area (Å²) in [4.78, 5) is 4.80. The average molecular weight is 530 g/mol. The summed E-state index contributed by atoms with van der Waals surface area (Å²) in [7, 11) is -2.06. The first-order chi connectivity index (χ1) is 13.5. The molecule has 0 aromatic heterocycles. The molecule has 1 atom stereocenters. The van der Waals surface area contributed by atoms with E-state index in [0.29, 0.717) is 19.0 Å². The minimum absolute atomic E-state index is 0. The molecule has 0 radical (unpaired) electrons. The van der Waals surface area contributed by atoms with Gasteiger partial charge in [0, 0.05) is 13.0 Å². The number of ether oxygens (including phenoxy) is 1. The highest BCUT2D eigenvalue weighted by molar-refractivity contribution is 14.0. The fourth-order valence-electron chi connectivity index (χ4n) is 3.02. The molecule has 0 saturated heterocycles. The van der Waals surface area contributed by atoms with Crippen molar-refractivity contribution in [1.29, 1.82) is 0 Å². The third kappa shape index (κ3) is 6.31. The van der Waals surface area contributed by atoms with E-state index in [9.17, 15) is 8.42 Å². The summed E-state index contributed by atoms with van der Waals surface area (Å²) >= 11 is 0. The van der Waals surface area contributed by atoms with Crippen molar-refractivity contribution in [3.05, 3.63) is 59.7 Å². The van der Waals surface area contributed by atoms with Crippen molar-refractivity contribution in [1.82, 2.24) is 15.4 Å². The number of guanidine groups is 1. The number of benzene rings is 2. The minimum atomic E-state index is -3.46. The van der Waals surface area contributed by atoms with Gasteiger partial charge in [-0.3, -0.25) is 0 Å². The number of nitrogens with zero attached hydrogens (tertiary/aromatic N) is 1. The number of para-hydroxylation sites is 1. The van der Waals surface area contributed by atoms with Gasteiger partial charge in [0.05, 0.1) is 18.0 Å². The van der Waals surface area contributed by atoms with E-state index in [2.05, 4.69) is 26.4 Å². The van der Waals surface area contributed by atoms with Gasteiger partial charge < -0.3 is 15.4 Å². The van der Waals surface area contributed by atoms with Gasteiger partial charge in [-0.25, -0.2) is 18.1 Å². The quantitative estimate of drug-likeness (QED) is 0.290. The third-order valence-electron chi connectivity index (χ3n) is 4.45. The van der Waals surface area contributed by atoms with Gasteiger partial charge >= 0.3 is 0 Å². The molecule has 0 bridgehead atoms. The molecular weight excluding hydrogens is 503 g/mol. The van der Waals surface area contributed by atoms with Crippen molar-refractivity contribution in [2.45, 2.75) is 30.9 Å². The maximum atomic E-state index is 12.0. The Balaban J connectivity index is 0.00000300. The van der Waals surface area contributed by atoms with Crippen LogP contribution in [0.5, 0.6) is 5.75 Å². The first-order valence-corrected chi connectivity index (χ1v) is 10.8. The topological polar surface area (TPSA) is 91.8 Å². The zero-order valence-corrected chi connectivity index (χ0v) is 19.7. The molecular formula is C20H27IN4O3S. The van der Waals surface area contributed by atoms with Crippen LogP contribution in [0.2, 0.25) is 0 Å². The van der Waals surface area contributed by atoms with Gasteiger partial charge in [-0.1, -0.05) is 30.3 Å². The van der Waals surface area contributed by atoms with E-state index < -0.39 is 10.0 Å². The van der Waals surface area contributed by atoms with Crippen LogP contribution in [0.1, 0.15) is 18.1 Å². The molecule has 0 saturated carbocycles. The first kappa shape index (κ1) is 23.4. The van der Waals surface area contributed by atoms with E-state index in [1.807, 2.05) is 31.2 Å². The molecule has 1 aliphatic rings. The number of hydrogen-bond acceptors (Lipinski definition) is 4. The summed E-state index contributed by atoms with van der Waals surface area (Å²) in [5.41, 5.74) is 2.04. The molecule has 2 aromatic carbocycles. The molecule has 29 heavy (non-hydrogen) atoms. The van der Waals surface area contributed by atoms with Gasteiger partial charge in [0.1, 0.15) is 11.9 Å². The van der Waals surface area contributed by atoms with Crippen molar-refractivity contribution >= 4 is 40.0 Å². The number of hydrogen-bond donors (Lipinski definition) is 3. The predicted octanol–water partition coefficient (Wildman–Crippen LogP) is 2.27. The molecule has 1 aliphatic heterocycles. The van der Waals surface area contributed by atoms with Crippen molar-refractivity contribution < 1.29 is 13.2 Å². The molecule has 158 valence electrons.